The number of hydrogen-bond donors (Lipinski definition) is 2. The maximum Gasteiger partial charge on any atom is 0.221 e. The average Bonchev–Trinajstić information content (AvgIpc) is 3.21. The Morgan fingerprint density at radius 2 is 2.16 bits per heavy atom. The first-order chi connectivity index (χ1) is 9.19. The Morgan fingerprint density at radius 3 is 2.84 bits per heavy atom. The van der Waals surface area contributed by atoms with Crippen LogP contribution in [0.15, 0.2) is 0 Å². The number of piperidine rings is 1. The van der Waals surface area contributed by atoms with Gasteiger partial charge in [0.1, 0.15) is 0 Å². The van der Waals surface area contributed by atoms with Gasteiger partial charge < -0.3 is 15.5 Å². The first kappa shape index (κ1) is 14.8. The highest BCUT2D eigenvalue weighted by molar-refractivity contribution is 5.76. The summed E-state index contributed by atoms with van der Waals surface area (Å²) in [7, 11) is 0. The number of amides is 1. The average molecular weight is 267 g/mol. The molecule has 1 amide bonds. The molecule has 110 valence electrons. The van der Waals surface area contributed by atoms with Crippen molar-refractivity contribution in [2.24, 2.45) is 5.92 Å². The lowest BCUT2D eigenvalue weighted by atomic mass is 9.91. The van der Waals surface area contributed by atoms with Gasteiger partial charge in [-0.05, 0) is 51.6 Å². The highest BCUT2D eigenvalue weighted by Gasteiger charge is 2.26. The minimum Gasteiger partial charge on any atom is -0.353 e. The van der Waals surface area contributed by atoms with Gasteiger partial charge in [-0.25, -0.2) is 0 Å². The normalized spacial score (nSPS) is 26.1. The van der Waals surface area contributed by atoms with Crippen molar-refractivity contribution in [2.75, 3.05) is 26.2 Å². The second kappa shape index (κ2) is 7.25. The monoisotopic (exact) mass is 267 g/mol. The summed E-state index contributed by atoms with van der Waals surface area (Å²) in [6.07, 6.45) is 5.61. The summed E-state index contributed by atoms with van der Waals surface area (Å²) in [6, 6.07) is 1.09. The molecule has 0 aromatic heterocycles. The summed E-state index contributed by atoms with van der Waals surface area (Å²) in [5, 5.41) is 6.60. The summed E-state index contributed by atoms with van der Waals surface area (Å²) in [4.78, 5) is 14.2. The van der Waals surface area contributed by atoms with Gasteiger partial charge in [-0.1, -0.05) is 6.92 Å². The van der Waals surface area contributed by atoms with E-state index in [0.29, 0.717) is 18.5 Å². The van der Waals surface area contributed by atoms with Gasteiger partial charge in [0.05, 0.1) is 0 Å². The third-order valence-corrected chi connectivity index (χ3v) is 4.37. The Hall–Kier alpha value is -0.610. The van der Waals surface area contributed by atoms with Gasteiger partial charge >= 0.3 is 0 Å². The van der Waals surface area contributed by atoms with Crippen LogP contribution in [0, 0.1) is 5.92 Å². The first-order valence-corrected chi connectivity index (χ1v) is 7.94. The molecule has 2 atom stereocenters. The molecule has 19 heavy (non-hydrogen) atoms. The van der Waals surface area contributed by atoms with Gasteiger partial charge in [-0.3, -0.25) is 4.79 Å². The number of carbonyl (C=O) groups is 1. The third kappa shape index (κ3) is 5.11. The van der Waals surface area contributed by atoms with E-state index in [1.54, 1.807) is 0 Å². The van der Waals surface area contributed by atoms with Crippen molar-refractivity contribution in [1.82, 2.24) is 15.5 Å². The number of hydrogen-bond acceptors (Lipinski definition) is 3. The van der Waals surface area contributed by atoms with Gasteiger partial charge in [-0.15, -0.1) is 0 Å². The number of rotatable bonds is 7. The van der Waals surface area contributed by atoms with Crippen molar-refractivity contribution >= 4 is 5.91 Å². The van der Waals surface area contributed by atoms with Crippen LogP contribution in [0.1, 0.15) is 46.0 Å². The summed E-state index contributed by atoms with van der Waals surface area (Å²) in [5.41, 5.74) is 0. The quantitative estimate of drug-likeness (QED) is 0.732. The summed E-state index contributed by atoms with van der Waals surface area (Å²) < 4.78 is 0. The van der Waals surface area contributed by atoms with Crippen LogP contribution in [-0.4, -0.2) is 49.1 Å². The molecule has 1 heterocycles. The molecule has 2 fully saturated rings. The molecule has 1 saturated carbocycles. The molecule has 2 aliphatic rings. The van der Waals surface area contributed by atoms with E-state index in [4.69, 9.17) is 0 Å². The molecule has 2 unspecified atom stereocenters. The van der Waals surface area contributed by atoms with Crippen molar-refractivity contribution in [3.63, 3.8) is 0 Å². The topological polar surface area (TPSA) is 44.4 Å². The zero-order valence-electron chi connectivity index (χ0n) is 12.5. The molecule has 0 aromatic rings. The standard InChI is InChI=1S/C15H29N3O/c1-3-16-12(2)13-5-4-9-18(11-13)10-8-15(19)17-14-6-7-14/h12-14,16H,3-11H2,1-2H3,(H,17,19). The largest absolute Gasteiger partial charge is 0.353 e. The Bertz CT molecular complexity index is 291. The second-order valence-corrected chi connectivity index (χ2v) is 6.14. The molecule has 2 N–H and O–H groups in total. The van der Waals surface area contributed by atoms with Crippen molar-refractivity contribution in [2.45, 2.75) is 58.0 Å². The third-order valence-electron chi connectivity index (χ3n) is 4.37. The minimum atomic E-state index is 0.240. The van der Waals surface area contributed by atoms with Gasteiger partial charge in [-0.2, -0.15) is 0 Å². The second-order valence-electron chi connectivity index (χ2n) is 6.14. The van der Waals surface area contributed by atoms with Crippen molar-refractivity contribution in [1.29, 1.82) is 0 Å². The molecular weight excluding hydrogens is 238 g/mol. The Labute approximate surface area is 117 Å². The van der Waals surface area contributed by atoms with E-state index in [-0.39, 0.29) is 5.91 Å². The Balaban J connectivity index is 1.66. The molecule has 1 aliphatic carbocycles. The molecule has 1 aliphatic heterocycles. The predicted molar refractivity (Wildman–Crippen MR) is 78.1 cm³/mol. The van der Waals surface area contributed by atoms with E-state index in [2.05, 4.69) is 29.4 Å². The van der Waals surface area contributed by atoms with Crippen LogP contribution < -0.4 is 10.6 Å². The number of carbonyl (C=O) groups excluding carboxylic acids is 1. The van der Waals surface area contributed by atoms with Crippen LogP contribution in [0.25, 0.3) is 0 Å². The van der Waals surface area contributed by atoms with Crippen LogP contribution >= 0.6 is 0 Å². The highest BCUT2D eigenvalue weighted by atomic mass is 16.1. The lowest BCUT2D eigenvalue weighted by Crippen LogP contribution is -2.45. The number of nitrogens with zero attached hydrogens (tertiary/aromatic N) is 1. The van der Waals surface area contributed by atoms with E-state index in [0.717, 1.165) is 32.1 Å². The van der Waals surface area contributed by atoms with Gasteiger partial charge in [0.25, 0.3) is 0 Å². The molecule has 0 radical (unpaired) electrons. The number of likely N-dealkylation sites (tertiary alicyclic amines) is 1. The van der Waals surface area contributed by atoms with Crippen LogP contribution in [0.5, 0.6) is 0 Å². The zero-order valence-corrected chi connectivity index (χ0v) is 12.5. The van der Waals surface area contributed by atoms with Crippen molar-refractivity contribution < 1.29 is 4.79 Å². The van der Waals surface area contributed by atoms with Crippen LogP contribution in [0.4, 0.5) is 0 Å². The molecule has 0 spiro atoms. The van der Waals surface area contributed by atoms with Crippen molar-refractivity contribution in [3.05, 3.63) is 0 Å². The van der Waals surface area contributed by atoms with E-state index < -0.39 is 0 Å². The molecule has 1 saturated heterocycles. The van der Waals surface area contributed by atoms with Crippen LogP contribution in [0.3, 0.4) is 0 Å². The van der Waals surface area contributed by atoms with Crippen molar-refractivity contribution in [3.8, 4) is 0 Å². The van der Waals surface area contributed by atoms with E-state index >= 15 is 0 Å². The van der Waals surface area contributed by atoms with E-state index in [1.165, 1.54) is 25.7 Å². The van der Waals surface area contributed by atoms with Gasteiger partial charge in [0, 0.05) is 31.6 Å². The van der Waals surface area contributed by atoms with Gasteiger partial charge in [0.15, 0.2) is 0 Å². The van der Waals surface area contributed by atoms with Gasteiger partial charge in [0.2, 0.25) is 5.91 Å². The molecule has 4 nitrogen and oxygen atoms in total. The lowest BCUT2D eigenvalue weighted by molar-refractivity contribution is -0.121. The van der Waals surface area contributed by atoms with Crippen LogP contribution in [0.2, 0.25) is 0 Å². The van der Waals surface area contributed by atoms with Crippen LogP contribution in [-0.2, 0) is 4.79 Å². The molecule has 2 rings (SSSR count). The first-order valence-electron chi connectivity index (χ1n) is 7.94. The predicted octanol–water partition coefficient (Wildman–Crippen LogP) is 1.37. The number of nitrogens with one attached hydrogen (secondary N) is 2. The smallest absolute Gasteiger partial charge is 0.221 e. The summed E-state index contributed by atoms with van der Waals surface area (Å²) in [6.45, 7) is 8.73. The molecular formula is C15H29N3O. The fourth-order valence-corrected chi connectivity index (χ4v) is 2.98. The minimum absolute atomic E-state index is 0.240. The molecule has 0 bridgehead atoms. The molecule has 4 heteroatoms. The SMILES string of the molecule is CCNC(C)C1CCCN(CCC(=O)NC2CC2)C1. The van der Waals surface area contributed by atoms with E-state index in [9.17, 15) is 4.79 Å². The summed E-state index contributed by atoms with van der Waals surface area (Å²) >= 11 is 0. The maximum atomic E-state index is 11.7. The Kier molecular flexibility index (Phi) is 5.64. The summed E-state index contributed by atoms with van der Waals surface area (Å²) in [5.74, 6) is 0.976. The lowest BCUT2D eigenvalue weighted by Gasteiger charge is -2.36. The zero-order chi connectivity index (χ0) is 13.7. The fraction of sp³-hybridized carbons (Fsp3) is 0.933. The highest BCUT2D eigenvalue weighted by Crippen LogP contribution is 2.21. The molecule has 0 aromatic carbocycles. The van der Waals surface area contributed by atoms with E-state index in [1.807, 2.05) is 0 Å². The fourth-order valence-electron chi connectivity index (χ4n) is 2.98. The Morgan fingerprint density at radius 1 is 1.37 bits per heavy atom. The maximum absolute atomic E-state index is 11.7.